The van der Waals surface area contributed by atoms with E-state index in [1.807, 2.05) is 72.0 Å². The van der Waals surface area contributed by atoms with Crippen molar-refractivity contribution >= 4 is 5.91 Å². The normalized spacial score (nSPS) is 14.7. The van der Waals surface area contributed by atoms with Crippen LogP contribution in [0.2, 0.25) is 0 Å². The summed E-state index contributed by atoms with van der Waals surface area (Å²) in [5.74, 6) is -0.202. The lowest BCUT2D eigenvalue weighted by molar-refractivity contribution is 0.0785. The van der Waals surface area contributed by atoms with Crippen LogP contribution in [0.4, 0.5) is 4.39 Å². The molecular formula is C28H39FN4O. The van der Waals surface area contributed by atoms with Gasteiger partial charge in [-0.3, -0.25) is 9.69 Å². The molecule has 6 heteroatoms. The number of carbonyl (C=O) groups excluding carboxylic acids is 1. The number of rotatable bonds is 6. The number of aryl methyl sites for hydroxylation is 1. The summed E-state index contributed by atoms with van der Waals surface area (Å²) in [6, 6.07) is 14.4. The van der Waals surface area contributed by atoms with E-state index in [-0.39, 0.29) is 17.8 Å². The van der Waals surface area contributed by atoms with E-state index in [0.29, 0.717) is 12.1 Å². The van der Waals surface area contributed by atoms with Gasteiger partial charge in [-0.1, -0.05) is 57.5 Å². The van der Waals surface area contributed by atoms with Gasteiger partial charge in [-0.2, -0.15) is 0 Å². The number of hydrogen-bond acceptors (Lipinski definition) is 3. The second kappa shape index (κ2) is 13.7. The molecule has 4 rings (SSSR count). The molecule has 1 aliphatic rings. The highest BCUT2D eigenvalue weighted by molar-refractivity contribution is 5.94. The van der Waals surface area contributed by atoms with Gasteiger partial charge in [0.05, 0.1) is 18.1 Å². The number of carbonyl (C=O) groups is 1. The van der Waals surface area contributed by atoms with Crippen molar-refractivity contribution in [2.24, 2.45) is 0 Å². The van der Waals surface area contributed by atoms with Crippen LogP contribution < -0.4 is 0 Å². The number of nitrogens with zero attached hydrogens (tertiary/aromatic N) is 3. The Hall–Kier alpha value is -2.99. The van der Waals surface area contributed by atoms with Crippen molar-refractivity contribution in [1.82, 2.24) is 19.8 Å². The lowest BCUT2D eigenvalue weighted by atomic mass is 9.95. The number of imidazole rings is 1. The number of halogens is 1. The molecule has 1 unspecified atom stereocenters. The molecule has 0 spiro atoms. The molecule has 0 saturated carbocycles. The molecule has 1 amide bonds. The zero-order valence-electron chi connectivity index (χ0n) is 21.4. The maximum atomic E-state index is 13.9. The molecule has 0 fully saturated rings. The summed E-state index contributed by atoms with van der Waals surface area (Å²) in [5.41, 5.74) is 4.79. The van der Waals surface area contributed by atoms with Crippen LogP contribution in [0.15, 0.2) is 54.9 Å². The van der Waals surface area contributed by atoms with Crippen LogP contribution in [-0.2, 0) is 6.42 Å². The Kier molecular flexibility index (Phi) is 10.9. The minimum Gasteiger partial charge on any atom is -0.348 e. The van der Waals surface area contributed by atoms with Crippen LogP contribution in [0.3, 0.4) is 0 Å². The van der Waals surface area contributed by atoms with Gasteiger partial charge in [-0.05, 0) is 43.2 Å². The first-order chi connectivity index (χ1) is 16.5. The van der Waals surface area contributed by atoms with Crippen LogP contribution in [-0.4, -0.2) is 52.4 Å². The summed E-state index contributed by atoms with van der Waals surface area (Å²) < 4.78 is 13.9. The van der Waals surface area contributed by atoms with Gasteiger partial charge in [0.15, 0.2) is 0 Å². The molecule has 5 nitrogen and oxygen atoms in total. The Bertz CT molecular complexity index is 1030. The SMILES string of the molecule is CC.CC.Cc1cccc(C(=O)N(C)CCCN2CCc3[nH]cnc3C2c2cccc(F)c2)c1. The molecule has 184 valence electrons. The number of nitrogens with one attached hydrogen (secondary N) is 1. The first-order valence-corrected chi connectivity index (χ1v) is 12.4. The first-order valence-electron chi connectivity index (χ1n) is 12.4. The van der Waals surface area contributed by atoms with Gasteiger partial charge in [0, 0.05) is 44.4 Å². The van der Waals surface area contributed by atoms with Crippen LogP contribution >= 0.6 is 0 Å². The highest BCUT2D eigenvalue weighted by Gasteiger charge is 2.31. The van der Waals surface area contributed by atoms with Crippen molar-refractivity contribution in [3.8, 4) is 0 Å². The number of amides is 1. The zero-order chi connectivity index (χ0) is 25.1. The highest BCUT2D eigenvalue weighted by atomic mass is 19.1. The summed E-state index contributed by atoms with van der Waals surface area (Å²) in [5, 5.41) is 0. The minimum absolute atomic E-state index is 0.0358. The maximum Gasteiger partial charge on any atom is 0.253 e. The van der Waals surface area contributed by atoms with E-state index in [2.05, 4.69) is 14.9 Å². The highest BCUT2D eigenvalue weighted by Crippen LogP contribution is 2.33. The van der Waals surface area contributed by atoms with Crippen molar-refractivity contribution in [1.29, 1.82) is 0 Å². The Labute approximate surface area is 204 Å². The fourth-order valence-electron chi connectivity index (χ4n) is 4.22. The standard InChI is InChI=1S/C24H27FN4O.2C2H6/c1-17-6-3-8-19(14-17)24(30)28(2)11-5-12-29-13-10-21-22(27-16-26-21)23(29)18-7-4-9-20(25)15-18;2*1-2/h3-4,6-9,14-16,23H,5,10-13H2,1-2H3,(H,26,27);2*1-2H3. The second-order valence-corrected chi connectivity index (χ2v) is 7.96. The van der Waals surface area contributed by atoms with Gasteiger partial charge < -0.3 is 9.88 Å². The van der Waals surface area contributed by atoms with E-state index in [1.165, 1.54) is 6.07 Å². The van der Waals surface area contributed by atoms with Gasteiger partial charge in [-0.15, -0.1) is 0 Å². The fourth-order valence-corrected chi connectivity index (χ4v) is 4.22. The monoisotopic (exact) mass is 466 g/mol. The molecule has 1 aromatic heterocycles. The molecule has 2 heterocycles. The Morgan fingerprint density at radius 2 is 1.88 bits per heavy atom. The van der Waals surface area contributed by atoms with E-state index in [1.54, 1.807) is 23.4 Å². The Balaban J connectivity index is 0.000000970. The summed E-state index contributed by atoms with van der Waals surface area (Å²) in [6.45, 7) is 12.3. The summed E-state index contributed by atoms with van der Waals surface area (Å²) in [6.07, 6.45) is 3.44. The summed E-state index contributed by atoms with van der Waals surface area (Å²) >= 11 is 0. The average Bonchev–Trinajstić information content (AvgIpc) is 3.34. The molecular weight excluding hydrogens is 427 g/mol. The molecule has 1 N–H and O–H groups in total. The molecule has 0 saturated heterocycles. The topological polar surface area (TPSA) is 52.2 Å². The Morgan fingerprint density at radius 1 is 1.15 bits per heavy atom. The van der Waals surface area contributed by atoms with E-state index in [4.69, 9.17) is 0 Å². The number of aromatic amines is 1. The number of benzene rings is 2. The van der Waals surface area contributed by atoms with Crippen molar-refractivity contribution < 1.29 is 9.18 Å². The molecule has 2 aromatic carbocycles. The van der Waals surface area contributed by atoms with Crippen molar-refractivity contribution in [3.05, 3.63) is 88.8 Å². The van der Waals surface area contributed by atoms with Crippen molar-refractivity contribution in [2.45, 2.75) is 53.5 Å². The number of hydrogen-bond donors (Lipinski definition) is 1. The molecule has 3 aromatic rings. The molecule has 0 radical (unpaired) electrons. The largest absolute Gasteiger partial charge is 0.348 e. The van der Waals surface area contributed by atoms with Crippen LogP contribution in [0.1, 0.15) is 73.0 Å². The first kappa shape index (κ1) is 27.3. The molecule has 34 heavy (non-hydrogen) atoms. The zero-order valence-corrected chi connectivity index (χ0v) is 21.4. The fraction of sp³-hybridized carbons (Fsp3) is 0.429. The van der Waals surface area contributed by atoms with Crippen LogP contribution in [0, 0.1) is 12.7 Å². The van der Waals surface area contributed by atoms with E-state index >= 15 is 0 Å². The average molecular weight is 467 g/mol. The maximum absolute atomic E-state index is 13.9. The van der Waals surface area contributed by atoms with Crippen LogP contribution in [0.5, 0.6) is 0 Å². The van der Waals surface area contributed by atoms with E-state index in [0.717, 1.165) is 48.4 Å². The Morgan fingerprint density at radius 3 is 2.59 bits per heavy atom. The van der Waals surface area contributed by atoms with Crippen LogP contribution in [0.25, 0.3) is 0 Å². The van der Waals surface area contributed by atoms with E-state index in [9.17, 15) is 9.18 Å². The lowest BCUT2D eigenvalue weighted by Gasteiger charge is -2.35. The predicted molar refractivity (Wildman–Crippen MR) is 138 cm³/mol. The van der Waals surface area contributed by atoms with Gasteiger partial charge >= 0.3 is 0 Å². The van der Waals surface area contributed by atoms with Gasteiger partial charge in [0.2, 0.25) is 0 Å². The summed E-state index contributed by atoms with van der Waals surface area (Å²) in [7, 11) is 1.84. The van der Waals surface area contributed by atoms with Gasteiger partial charge in [-0.25, -0.2) is 9.37 Å². The molecule has 1 aliphatic heterocycles. The predicted octanol–water partition coefficient (Wildman–Crippen LogP) is 6.02. The third-order valence-electron chi connectivity index (χ3n) is 5.74. The molecule has 0 aliphatic carbocycles. The third kappa shape index (κ3) is 6.76. The smallest absolute Gasteiger partial charge is 0.253 e. The van der Waals surface area contributed by atoms with Crippen molar-refractivity contribution in [2.75, 3.05) is 26.7 Å². The van der Waals surface area contributed by atoms with Gasteiger partial charge in [0.1, 0.15) is 5.82 Å². The quantitative estimate of drug-likeness (QED) is 0.483. The minimum atomic E-state index is -0.237. The van der Waals surface area contributed by atoms with Gasteiger partial charge in [0.25, 0.3) is 5.91 Å². The number of H-pyrrole nitrogens is 1. The third-order valence-corrected chi connectivity index (χ3v) is 5.74. The lowest BCUT2D eigenvalue weighted by Crippen LogP contribution is -2.38. The molecule has 1 atom stereocenters. The number of aromatic nitrogens is 2. The summed E-state index contributed by atoms with van der Waals surface area (Å²) in [4.78, 5) is 24.5. The molecule has 0 bridgehead atoms. The second-order valence-electron chi connectivity index (χ2n) is 7.96. The number of fused-ring (bicyclic) bond motifs is 1. The van der Waals surface area contributed by atoms with E-state index < -0.39 is 0 Å². The van der Waals surface area contributed by atoms with Crippen molar-refractivity contribution in [3.63, 3.8) is 0 Å².